The number of nitrogens with one attached hydrogen (secondary N) is 3. The van der Waals surface area contributed by atoms with E-state index in [1.54, 1.807) is 30.3 Å². The Labute approximate surface area is 217 Å². The lowest BCUT2D eigenvalue weighted by atomic mass is 10.0. The van der Waals surface area contributed by atoms with Gasteiger partial charge in [0.25, 0.3) is 0 Å². The number of primary amides is 1. The Morgan fingerprint density at radius 3 is 2.24 bits per heavy atom. The van der Waals surface area contributed by atoms with Gasteiger partial charge in [-0.2, -0.15) is 0 Å². The average Bonchev–Trinajstić information content (AvgIpc) is 2.88. The molecule has 0 heterocycles. The first-order chi connectivity index (χ1) is 17.5. The number of para-hydroxylation sites is 1. The molecule has 0 saturated carbocycles. The van der Waals surface area contributed by atoms with E-state index in [1.165, 1.54) is 0 Å². The zero-order valence-corrected chi connectivity index (χ0v) is 20.4. The molecule has 0 bridgehead atoms. The van der Waals surface area contributed by atoms with Crippen LogP contribution < -0.4 is 21.7 Å². The summed E-state index contributed by atoms with van der Waals surface area (Å²) in [6, 6.07) is 4.36. The van der Waals surface area contributed by atoms with Crippen molar-refractivity contribution in [2.45, 2.75) is 49.3 Å². The number of carbonyl (C=O) groups is 5. The molecule has 14 nitrogen and oxygen atoms in total. The van der Waals surface area contributed by atoms with Crippen molar-refractivity contribution in [1.82, 2.24) is 10.6 Å². The summed E-state index contributed by atoms with van der Waals surface area (Å²) in [5.41, 5.74) is 5.64. The molecule has 206 valence electrons. The van der Waals surface area contributed by atoms with E-state index in [1.807, 2.05) is 0 Å². The lowest BCUT2D eigenvalue weighted by molar-refractivity contribution is -0.142. The lowest BCUT2D eigenvalue weighted by Gasteiger charge is -2.31. The number of hydrogen-bond donors (Lipinski definition) is 8. The highest BCUT2D eigenvalue weighted by Crippen LogP contribution is 2.15. The minimum Gasteiger partial charge on any atom is -0.481 e. The zero-order valence-electron chi connectivity index (χ0n) is 19.7. The normalized spacial score (nSPS) is 15.8. The number of halogens is 1. The van der Waals surface area contributed by atoms with E-state index in [9.17, 15) is 39.3 Å². The van der Waals surface area contributed by atoms with Gasteiger partial charge in [-0.15, -0.1) is 11.6 Å². The van der Waals surface area contributed by atoms with Crippen molar-refractivity contribution < 1.29 is 49.1 Å². The second kappa shape index (κ2) is 16.4. The number of carboxylic acid groups (broad SMARTS) is 1. The third kappa shape index (κ3) is 11.1. The van der Waals surface area contributed by atoms with Gasteiger partial charge in [0, 0.05) is 12.1 Å². The SMILES string of the molecule is NC(=O)C(CCC(=O)O)NC(=O)C(CCl)NC(=O)CO[C@@H]([C@H](O)[C@H](O)CO)[C@H](C=O)Nc1ccccc1. The number of anilines is 1. The van der Waals surface area contributed by atoms with Gasteiger partial charge in [-0.1, -0.05) is 18.2 Å². The van der Waals surface area contributed by atoms with Gasteiger partial charge in [0.1, 0.15) is 49.3 Å². The minimum absolute atomic E-state index is 0.281. The molecule has 9 N–H and O–H groups in total. The maximum absolute atomic E-state index is 12.4. The van der Waals surface area contributed by atoms with Gasteiger partial charge in [-0.3, -0.25) is 19.2 Å². The number of hydrogen-bond acceptors (Lipinski definition) is 10. The molecule has 0 aliphatic rings. The fourth-order valence-corrected chi connectivity index (χ4v) is 3.29. The first kappa shape index (κ1) is 31.7. The van der Waals surface area contributed by atoms with Crippen LogP contribution in [-0.4, -0.2) is 106 Å². The number of aliphatic hydroxyl groups is 3. The molecule has 1 aromatic rings. The van der Waals surface area contributed by atoms with Gasteiger partial charge in [0.2, 0.25) is 17.7 Å². The summed E-state index contributed by atoms with van der Waals surface area (Å²) in [7, 11) is 0. The van der Waals surface area contributed by atoms with Crippen LogP contribution in [0.5, 0.6) is 0 Å². The standard InChI is InChI=1S/C22H31ClN4O10/c23-8-14(22(36)27-13(21(24)35)6-7-18(32)33)26-17(31)11-37-20(19(34)16(30)10-29)15(9-28)25-12-4-2-1-3-5-12/h1-5,9,13-16,19-20,25,29-30,34H,6-8,10-11H2,(H2,24,35)(H,26,31)(H,27,36)(H,32,33)/t13?,14?,15-,16+,19+,20+/m0/s1. The maximum atomic E-state index is 12.4. The summed E-state index contributed by atoms with van der Waals surface area (Å²) in [5, 5.41) is 45.4. The third-order valence-electron chi connectivity index (χ3n) is 5.05. The maximum Gasteiger partial charge on any atom is 0.303 e. The summed E-state index contributed by atoms with van der Waals surface area (Å²) < 4.78 is 5.38. The first-order valence-corrected chi connectivity index (χ1v) is 11.6. The number of carbonyl (C=O) groups excluding carboxylic acids is 4. The topological polar surface area (TPSA) is 238 Å². The van der Waals surface area contributed by atoms with Crippen molar-refractivity contribution in [3.8, 4) is 0 Å². The van der Waals surface area contributed by atoms with Crippen LogP contribution in [0.15, 0.2) is 30.3 Å². The van der Waals surface area contributed by atoms with E-state index in [0.717, 1.165) is 0 Å². The molecule has 0 saturated heterocycles. The van der Waals surface area contributed by atoms with E-state index in [-0.39, 0.29) is 6.42 Å². The molecule has 0 radical (unpaired) electrons. The number of rotatable bonds is 18. The Balaban J connectivity index is 2.87. The van der Waals surface area contributed by atoms with Crippen LogP contribution in [0.25, 0.3) is 0 Å². The molecule has 15 heteroatoms. The van der Waals surface area contributed by atoms with Crippen LogP contribution in [0.2, 0.25) is 0 Å². The van der Waals surface area contributed by atoms with Gasteiger partial charge in [-0.25, -0.2) is 0 Å². The fraction of sp³-hybridized carbons (Fsp3) is 0.500. The molecule has 37 heavy (non-hydrogen) atoms. The van der Waals surface area contributed by atoms with Crippen molar-refractivity contribution >= 4 is 47.3 Å². The molecule has 1 aromatic carbocycles. The van der Waals surface area contributed by atoms with Gasteiger partial charge < -0.3 is 51.6 Å². The van der Waals surface area contributed by atoms with Crippen LogP contribution in [0.1, 0.15) is 12.8 Å². The quantitative estimate of drug-likeness (QED) is 0.0697. The minimum atomic E-state index is -1.79. The highest BCUT2D eigenvalue weighted by Gasteiger charge is 2.35. The van der Waals surface area contributed by atoms with Crippen molar-refractivity contribution in [2.75, 3.05) is 24.4 Å². The monoisotopic (exact) mass is 546 g/mol. The Morgan fingerprint density at radius 1 is 1.08 bits per heavy atom. The van der Waals surface area contributed by atoms with Gasteiger partial charge >= 0.3 is 5.97 Å². The predicted octanol–water partition coefficient (Wildman–Crippen LogP) is -2.68. The van der Waals surface area contributed by atoms with Crippen LogP contribution in [0.3, 0.4) is 0 Å². The van der Waals surface area contributed by atoms with Crippen molar-refractivity contribution in [3.05, 3.63) is 30.3 Å². The van der Waals surface area contributed by atoms with Gasteiger partial charge in [0.05, 0.1) is 12.5 Å². The lowest BCUT2D eigenvalue weighted by Crippen LogP contribution is -2.55. The summed E-state index contributed by atoms with van der Waals surface area (Å²) in [6.45, 7) is -1.67. The van der Waals surface area contributed by atoms with Gasteiger partial charge in [-0.05, 0) is 18.6 Å². The highest BCUT2D eigenvalue weighted by molar-refractivity contribution is 6.20. The molecular weight excluding hydrogens is 516 g/mol. The Morgan fingerprint density at radius 2 is 1.73 bits per heavy atom. The Hall–Kier alpha value is -3.30. The molecule has 1 rings (SSSR count). The Kier molecular flexibility index (Phi) is 14.1. The largest absolute Gasteiger partial charge is 0.481 e. The molecule has 0 aromatic heterocycles. The van der Waals surface area contributed by atoms with Crippen LogP contribution >= 0.6 is 11.6 Å². The van der Waals surface area contributed by atoms with E-state index in [4.69, 9.17) is 27.2 Å². The number of ether oxygens (including phenoxy) is 1. The first-order valence-electron chi connectivity index (χ1n) is 11.1. The number of carboxylic acids is 1. The number of alkyl halides is 1. The second-order valence-electron chi connectivity index (χ2n) is 7.86. The van der Waals surface area contributed by atoms with E-state index in [0.29, 0.717) is 12.0 Å². The van der Waals surface area contributed by atoms with Crippen molar-refractivity contribution in [3.63, 3.8) is 0 Å². The summed E-state index contributed by atoms with van der Waals surface area (Å²) in [6.07, 6.45) is -5.34. The van der Waals surface area contributed by atoms with Gasteiger partial charge in [0.15, 0.2) is 0 Å². The van der Waals surface area contributed by atoms with Crippen LogP contribution in [0.4, 0.5) is 5.69 Å². The molecule has 3 amide bonds. The number of amides is 3. The Bertz CT molecular complexity index is 907. The second-order valence-corrected chi connectivity index (χ2v) is 8.17. The van der Waals surface area contributed by atoms with Crippen LogP contribution in [-0.2, 0) is 28.7 Å². The van der Waals surface area contributed by atoms with E-state index >= 15 is 0 Å². The molecule has 0 spiro atoms. The average molecular weight is 547 g/mol. The highest BCUT2D eigenvalue weighted by atomic mass is 35.5. The zero-order chi connectivity index (χ0) is 28.0. The van der Waals surface area contributed by atoms with E-state index in [2.05, 4.69) is 16.0 Å². The van der Waals surface area contributed by atoms with Crippen molar-refractivity contribution in [2.24, 2.45) is 5.73 Å². The molecular formula is C22H31ClN4O10. The summed E-state index contributed by atoms with van der Waals surface area (Å²) in [4.78, 5) is 58.8. The molecule has 0 fully saturated rings. The number of nitrogens with two attached hydrogens (primary N) is 1. The number of benzene rings is 1. The molecule has 0 aliphatic carbocycles. The molecule has 0 aliphatic heterocycles. The number of aldehydes is 1. The predicted molar refractivity (Wildman–Crippen MR) is 129 cm³/mol. The summed E-state index contributed by atoms with van der Waals surface area (Å²) in [5.74, 6) is -4.46. The smallest absolute Gasteiger partial charge is 0.303 e. The summed E-state index contributed by atoms with van der Waals surface area (Å²) >= 11 is 5.75. The molecule has 2 unspecified atom stereocenters. The number of aliphatic hydroxyl groups excluding tert-OH is 3. The van der Waals surface area contributed by atoms with Crippen molar-refractivity contribution in [1.29, 1.82) is 0 Å². The van der Waals surface area contributed by atoms with E-state index < -0.39 is 85.6 Å². The third-order valence-corrected chi connectivity index (χ3v) is 5.35. The molecule has 6 atom stereocenters. The van der Waals surface area contributed by atoms with Crippen LogP contribution in [0, 0.1) is 0 Å². The fourth-order valence-electron chi connectivity index (χ4n) is 3.07. The number of aliphatic carboxylic acids is 1.